The molecule has 32 heavy (non-hydrogen) atoms. The number of phenolic OH excluding ortho intramolecular Hbond substituents is 1. The van der Waals surface area contributed by atoms with Crippen molar-refractivity contribution in [3.8, 4) is 11.5 Å². The minimum atomic E-state index is -0.476. The Morgan fingerprint density at radius 2 is 1.84 bits per heavy atom. The summed E-state index contributed by atoms with van der Waals surface area (Å²) in [7, 11) is 0. The second-order valence-electron chi connectivity index (χ2n) is 8.35. The van der Waals surface area contributed by atoms with Crippen molar-refractivity contribution in [2.45, 2.75) is 38.7 Å². The largest absolute Gasteiger partial charge is 0.507 e. The van der Waals surface area contributed by atoms with Crippen LogP contribution in [0.2, 0.25) is 0 Å². The van der Waals surface area contributed by atoms with Gasteiger partial charge in [-0.1, -0.05) is 24.3 Å². The molecule has 166 valence electrons. The number of carbonyl (C=O) groups is 1. The molecular formula is C25H27N3O4. The number of benzene rings is 3. The van der Waals surface area contributed by atoms with E-state index in [9.17, 15) is 9.90 Å². The first-order valence-electron chi connectivity index (χ1n) is 10.6. The lowest BCUT2D eigenvalue weighted by atomic mass is 9.86. The molecule has 1 heterocycles. The Labute approximate surface area is 186 Å². The Kier molecular flexibility index (Phi) is 5.65. The fraction of sp³-hybridized carbons (Fsp3) is 0.280. The second kappa shape index (κ2) is 8.42. The molecule has 7 heteroatoms. The zero-order valence-electron chi connectivity index (χ0n) is 18.2. The number of hydrogen-bond donors (Lipinski definition) is 3. The smallest absolute Gasteiger partial charge is 0.338 e. The van der Waals surface area contributed by atoms with Crippen LogP contribution in [-0.2, 0) is 11.2 Å². The molecule has 1 aliphatic heterocycles. The molecule has 0 amide bonds. The molecule has 0 saturated heterocycles. The van der Waals surface area contributed by atoms with Gasteiger partial charge in [-0.05, 0) is 56.5 Å². The van der Waals surface area contributed by atoms with Gasteiger partial charge in [-0.3, -0.25) is 0 Å². The topological polar surface area (TPSA) is 120 Å². The van der Waals surface area contributed by atoms with Crippen LogP contribution in [0.5, 0.6) is 11.5 Å². The summed E-state index contributed by atoms with van der Waals surface area (Å²) in [5.41, 5.74) is 13.1. The van der Waals surface area contributed by atoms with Gasteiger partial charge in [-0.25, -0.2) is 9.79 Å². The normalized spacial score (nSPS) is 17.3. The van der Waals surface area contributed by atoms with E-state index in [0.29, 0.717) is 23.4 Å². The maximum absolute atomic E-state index is 12.4. The van der Waals surface area contributed by atoms with Gasteiger partial charge in [0.15, 0.2) is 5.96 Å². The number of ether oxygens (including phenoxy) is 2. The maximum Gasteiger partial charge on any atom is 0.338 e. The first-order valence-corrected chi connectivity index (χ1v) is 10.6. The molecule has 1 atom stereocenters. The molecule has 0 aromatic heterocycles. The van der Waals surface area contributed by atoms with Gasteiger partial charge in [0.1, 0.15) is 17.1 Å². The Balaban J connectivity index is 1.44. The lowest BCUT2D eigenvalue weighted by molar-refractivity contribution is 0.0191. The summed E-state index contributed by atoms with van der Waals surface area (Å²) in [4.78, 5) is 16.3. The standard InChI is InChI=1S/C25H27N3O4/c1-15-18-11-12-25(2,32-22(18)20-6-4-3-5-19(20)21(15)29)13-14-31-23(30)16-7-9-17(10-8-16)28-24(26)27/h3-10,29H,11-14H2,1-2H3,(H4,26,27,28). The highest BCUT2D eigenvalue weighted by Gasteiger charge is 2.34. The van der Waals surface area contributed by atoms with Gasteiger partial charge < -0.3 is 26.0 Å². The van der Waals surface area contributed by atoms with Crippen molar-refractivity contribution in [3.63, 3.8) is 0 Å². The molecular weight excluding hydrogens is 406 g/mol. The average molecular weight is 434 g/mol. The highest BCUT2D eigenvalue weighted by Crippen LogP contribution is 2.45. The van der Waals surface area contributed by atoms with E-state index in [1.54, 1.807) is 24.3 Å². The van der Waals surface area contributed by atoms with Gasteiger partial charge in [-0.15, -0.1) is 0 Å². The fourth-order valence-corrected chi connectivity index (χ4v) is 4.11. The Morgan fingerprint density at radius 3 is 2.53 bits per heavy atom. The second-order valence-corrected chi connectivity index (χ2v) is 8.35. The van der Waals surface area contributed by atoms with Crippen LogP contribution in [0.1, 0.15) is 41.3 Å². The number of carbonyl (C=O) groups excluding carboxylic acids is 1. The summed E-state index contributed by atoms with van der Waals surface area (Å²) in [6.45, 7) is 4.19. The predicted octanol–water partition coefficient (Wildman–Crippen LogP) is 4.09. The van der Waals surface area contributed by atoms with Crippen molar-refractivity contribution in [1.82, 2.24) is 0 Å². The number of nitrogens with two attached hydrogens (primary N) is 2. The van der Waals surface area contributed by atoms with E-state index in [0.717, 1.165) is 40.5 Å². The SMILES string of the molecule is Cc1c2c(c3ccccc3c1O)OC(C)(CCOC(=O)c1ccc(N=C(N)N)cc1)CC2. The quantitative estimate of drug-likeness (QED) is 0.317. The minimum Gasteiger partial charge on any atom is -0.507 e. The minimum absolute atomic E-state index is 0.0409. The number of aromatic hydroxyl groups is 1. The lowest BCUT2D eigenvalue weighted by Crippen LogP contribution is -2.38. The molecule has 1 aliphatic rings. The molecule has 0 fully saturated rings. The number of guanidine groups is 1. The molecule has 0 bridgehead atoms. The van der Waals surface area contributed by atoms with Gasteiger partial charge in [0.2, 0.25) is 0 Å². The van der Waals surface area contributed by atoms with Crippen molar-refractivity contribution in [2.24, 2.45) is 16.5 Å². The maximum atomic E-state index is 12.4. The van der Waals surface area contributed by atoms with Crippen LogP contribution in [0, 0.1) is 6.92 Å². The Bertz CT molecular complexity index is 1200. The van der Waals surface area contributed by atoms with E-state index >= 15 is 0 Å². The van der Waals surface area contributed by atoms with Crippen LogP contribution in [0.25, 0.3) is 10.8 Å². The fourth-order valence-electron chi connectivity index (χ4n) is 4.11. The first kappa shape index (κ1) is 21.5. The summed E-state index contributed by atoms with van der Waals surface area (Å²) in [5.74, 6) is 0.672. The molecule has 3 aromatic carbocycles. The summed E-state index contributed by atoms with van der Waals surface area (Å²) < 4.78 is 12.0. The van der Waals surface area contributed by atoms with Crippen molar-refractivity contribution in [2.75, 3.05) is 6.61 Å². The van der Waals surface area contributed by atoms with Gasteiger partial charge in [0.05, 0.1) is 17.9 Å². The van der Waals surface area contributed by atoms with Crippen molar-refractivity contribution < 1.29 is 19.4 Å². The van der Waals surface area contributed by atoms with E-state index in [2.05, 4.69) is 4.99 Å². The molecule has 7 nitrogen and oxygen atoms in total. The van der Waals surface area contributed by atoms with E-state index in [1.807, 2.05) is 38.1 Å². The number of rotatable bonds is 5. The van der Waals surface area contributed by atoms with E-state index in [4.69, 9.17) is 20.9 Å². The first-order chi connectivity index (χ1) is 15.3. The summed E-state index contributed by atoms with van der Waals surface area (Å²) >= 11 is 0. The molecule has 0 radical (unpaired) electrons. The number of nitrogens with zero attached hydrogens (tertiary/aromatic N) is 1. The average Bonchev–Trinajstić information content (AvgIpc) is 2.77. The van der Waals surface area contributed by atoms with Crippen LogP contribution < -0.4 is 16.2 Å². The third-order valence-electron chi connectivity index (χ3n) is 5.99. The number of aliphatic imine (C=N–C) groups is 1. The van der Waals surface area contributed by atoms with Crippen molar-refractivity contribution >= 4 is 28.4 Å². The monoisotopic (exact) mass is 433 g/mol. The molecule has 0 aliphatic carbocycles. The lowest BCUT2D eigenvalue weighted by Gasteiger charge is -2.37. The molecule has 0 spiro atoms. The van der Waals surface area contributed by atoms with Crippen LogP contribution in [0.4, 0.5) is 5.69 Å². The predicted molar refractivity (Wildman–Crippen MR) is 125 cm³/mol. The zero-order valence-corrected chi connectivity index (χ0v) is 18.2. The van der Waals surface area contributed by atoms with Crippen molar-refractivity contribution in [3.05, 3.63) is 65.2 Å². The number of phenols is 1. The molecule has 4 rings (SSSR count). The van der Waals surface area contributed by atoms with Gasteiger partial charge >= 0.3 is 5.97 Å². The summed E-state index contributed by atoms with van der Waals surface area (Å²) in [5, 5.41) is 12.3. The third-order valence-corrected chi connectivity index (χ3v) is 5.99. The highest BCUT2D eigenvalue weighted by atomic mass is 16.5. The molecule has 1 unspecified atom stereocenters. The Hall–Kier alpha value is -3.74. The summed E-state index contributed by atoms with van der Waals surface area (Å²) in [6, 6.07) is 14.3. The van der Waals surface area contributed by atoms with Gasteiger partial charge in [0.25, 0.3) is 0 Å². The number of fused-ring (bicyclic) bond motifs is 3. The highest BCUT2D eigenvalue weighted by molar-refractivity contribution is 5.96. The number of hydrogen-bond acceptors (Lipinski definition) is 5. The van der Waals surface area contributed by atoms with Gasteiger partial charge in [-0.2, -0.15) is 0 Å². The van der Waals surface area contributed by atoms with E-state index in [1.165, 1.54) is 0 Å². The van der Waals surface area contributed by atoms with Crippen LogP contribution in [0.15, 0.2) is 53.5 Å². The molecule has 3 aromatic rings. The van der Waals surface area contributed by atoms with Gasteiger partial charge in [0, 0.05) is 22.8 Å². The molecule has 5 N–H and O–H groups in total. The van der Waals surface area contributed by atoms with Crippen molar-refractivity contribution in [1.29, 1.82) is 0 Å². The van der Waals surface area contributed by atoms with Crippen LogP contribution >= 0.6 is 0 Å². The Morgan fingerprint density at radius 1 is 1.16 bits per heavy atom. The number of esters is 1. The van der Waals surface area contributed by atoms with Crippen LogP contribution in [0.3, 0.4) is 0 Å². The van der Waals surface area contributed by atoms with E-state index < -0.39 is 11.6 Å². The summed E-state index contributed by atoms with van der Waals surface area (Å²) in [6.07, 6.45) is 2.11. The zero-order chi connectivity index (χ0) is 22.9. The van der Waals surface area contributed by atoms with Crippen LogP contribution in [-0.4, -0.2) is 29.2 Å². The molecule has 0 saturated carbocycles. The van der Waals surface area contributed by atoms with E-state index in [-0.39, 0.29) is 12.6 Å². The third kappa shape index (κ3) is 4.19.